The molecule has 0 saturated carbocycles. The van der Waals surface area contributed by atoms with E-state index in [1.807, 2.05) is 6.92 Å². The lowest BCUT2D eigenvalue weighted by Gasteiger charge is -2.18. The number of hydrogen-bond donors (Lipinski definition) is 0. The van der Waals surface area contributed by atoms with Crippen LogP contribution < -0.4 is 4.90 Å². The van der Waals surface area contributed by atoms with Gasteiger partial charge in [-0.2, -0.15) is 0 Å². The Hall–Kier alpha value is -1.65. The van der Waals surface area contributed by atoms with Crippen LogP contribution in [0.3, 0.4) is 0 Å². The van der Waals surface area contributed by atoms with Gasteiger partial charge in [0.05, 0.1) is 4.92 Å². The van der Waals surface area contributed by atoms with E-state index >= 15 is 0 Å². The second kappa shape index (κ2) is 4.08. The lowest BCUT2D eigenvalue weighted by atomic mass is 10.2. The number of pyridine rings is 1. The van der Waals surface area contributed by atoms with Gasteiger partial charge in [0.25, 0.3) is 5.69 Å². The second-order valence-electron chi connectivity index (χ2n) is 4.43. The Balaban J connectivity index is 2.26. The lowest BCUT2D eigenvalue weighted by molar-refractivity contribution is -0.385. The highest BCUT2D eigenvalue weighted by Crippen LogP contribution is 2.26. The zero-order valence-electron chi connectivity index (χ0n) is 9.51. The van der Waals surface area contributed by atoms with Crippen LogP contribution >= 0.6 is 0 Å². The summed E-state index contributed by atoms with van der Waals surface area (Å²) in [7, 11) is 0. The molecule has 1 aliphatic heterocycles. The molecule has 0 aliphatic carbocycles. The quantitative estimate of drug-likeness (QED) is 0.567. The summed E-state index contributed by atoms with van der Waals surface area (Å²) in [6.45, 7) is 6.07. The number of hydrogen-bond acceptors (Lipinski definition) is 4. The molecular formula is C11H15N3O2. The van der Waals surface area contributed by atoms with Crippen LogP contribution in [0.2, 0.25) is 0 Å². The third-order valence-electron chi connectivity index (χ3n) is 2.97. The van der Waals surface area contributed by atoms with Crippen molar-refractivity contribution in [3.05, 3.63) is 27.9 Å². The van der Waals surface area contributed by atoms with E-state index in [1.165, 1.54) is 6.20 Å². The van der Waals surface area contributed by atoms with Crippen molar-refractivity contribution in [2.45, 2.75) is 20.3 Å². The fourth-order valence-electron chi connectivity index (χ4n) is 2.11. The van der Waals surface area contributed by atoms with Crippen molar-refractivity contribution in [3.8, 4) is 0 Å². The monoisotopic (exact) mass is 221 g/mol. The van der Waals surface area contributed by atoms with Gasteiger partial charge in [0.15, 0.2) is 0 Å². The Morgan fingerprint density at radius 3 is 2.88 bits per heavy atom. The molecule has 0 aromatic carbocycles. The number of aromatic nitrogens is 1. The summed E-state index contributed by atoms with van der Waals surface area (Å²) in [6, 6.07) is 1.59. The first-order valence-corrected chi connectivity index (χ1v) is 5.44. The summed E-state index contributed by atoms with van der Waals surface area (Å²) < 4.78 is 0. The van der Waals surface area contributed by atoms with Crippen molar-refractivity contribution >= 4 is 11.5 Å². The lowest BCUT2D eigenvalue weighted by Crippen LogP contribution is -2.21. The van der Waals surface area contributed by atoms with E-state index in [1.54, 1.807) is 6.07 Å². The predicted molar refractivity (Wildman–Crippen MR) is 61.6 cm³/mol. The zero-order valence-corrected chi connectivity index (χ0v) is 9.51. The maximum Gasteiger partial charge on any atom is 0.287 e. The molecule has 0 radical (unpaired) electrons. The maximum atomic E-state index is 10.6. The topological polar surface area (TPSA) is 59.3 Å². The van der Waals surface area contributed by atoms with E-state index in [0.717, 1.165) is 30.9 Å². The Labute approximate surface area is 94.2 Å². The maximum absolute atomic E-state index is 10.6. The van der Waals surface area contributed by atoms with E-state index < -0.39 is 4.92 Å². The Morgan fingerprint density at radius 1 is 1.62 bits per heavy atom. The predicted octanol–water partition coefficient (Wildman–Crippen LogP) is 2.14. The van der Waals surface area contributed by atoms with Crippen LogP contribution in [-0.4, -0.2) is 23.0 Å². The zero-order chi connectivity index (χ0) is 11.7. The number of nitro groups is 1. The van der Waals surface area contributed by atoms with Crippen LogP contribution in [0.15, 0.2) is 12.3 Å². The second-order valence-corrected chi connectivity index (χ2v) is 4.43. The van der Waals surface area contributed by atoms with Crippen molar-refractivity contribution < 1.29 is 4.92 Å². The molecule has 1 aliphatic rings. The van der Waals surface area contributed by atoms with Gasteiger partial charge in [-0.25, -0.2) is 4.98 Å². The highest BCUT2D eigenvalue weighted by molar-refractivity contribution is 5.51. The average Bonchev–Trinajstić information content (AvgIpc) is 2.64. The first-order valence-electron chi connectivity index (χ1n) is 5.44. The number of rotatable bonds is 2. The van der Waals surface area contributed by atoms with E-state index in [-0.39, 0.29) is 5.69 Å². The van der Waals surface area contributed by atoms with Gasteiger partial charge < -0.3 is 4.90 Å². The van der Waals surface area contributed by atoms with Crippen molar-refractivity contribution in [2.75, 3.05) is 18.0 Å². The molecule has 1 saturated heterocycles. The molecule has 1 atom stereocenters. The molecule has 2 rings (SSSR count). The van der Waals surface area contributed by atoms with Crippen molar-refractivity contribution in [1.82, 2.24) is 4.98 Å². The van der Waals surface area contributed by atoms with Crippen molar-refractivity contribution in [2.24, 2.45) is 5.92 Å². The molecule has 0 N–H and O–H groups in total. The molecule has 0 bridgehead atoms. The van der Waals surface area contributed by atoms with Gasteiger partial charge in [-0.15, -0.1) is 0 Å². The molecule has 2 heterocycles. The first kappa shape index (κ1) is 10.9. The van der Waals surface area contributed by atoms with E-state index in [9.17, 15) is 10.1 Å². The molecular weight excluding hydrogens is 206 g/mol. The molecule has 0 spiro atoms. The highest BCUT2D eigenvalue weighted by atomic mass is 16.6. The molecule has 0 unspecified atom stereocenters. The van der Waals surface area contributed by atoms with E-state index in [4.69, 9.17) is 0 Å². The summed E-state index contributed by atoms with van der Waals surface area (Å²) in [5.41, 5.74) is 0.941. The summed E-state index contributed by atoms with van der Waals surface area (Å²) in [6.07, 6.45) is 2.50. The Morgan fingerprint density at radius 2 is 2.38 bits per heavy atom. The molecule has 86 valence electrons. The minimum atomic E-state index is -0.406. The van der Waals surface area contributed by atoms with Crippen LogP contribution in [0.5, 0.6) is 0 Å². The van der Waals surface area contributed by atoms with Gasteiger partial charge in [-0.1, -0.05) is 6.92 Å². The molecule has 5 heteroatoms. The number of aryl methyl sites for hydroxylation is 1. The SMILES string of the molecule is Cc1cc([N+](=O)[O-])cnc1N1CC[C@H](C)C1. The number of nitrogens with zero attached hydrogens (tertiary/aromatic N) is 3. The molecule has 16 heavy (non-hydrogen) atoms. The summed E-state index contributed by atoms with van der Waals surface area (Å²) in [5.74, 6) is 1.56. The molecule has 0 amide bonds. The van der Waals surface area contributed by atoms with Crippen LogP contribution in [0.4, 0.5) is 11.5 Å². The molecule has 1 fully saturated rings. The molecule has 1 aromatic rings. The van der Waals surface area contributed by atoms with Crippen molar-refractivity contribution in [3.63, 3.8) is 0 Å². The summed E-state index contributed by atoms with van der Waals surface area (Å²) in [5, 5.41) is 10.6. The molecule has 5 nitrogen and oxygen atoms in total. The van der Waals surface area contributed by atoms with Gasteiger partial charge in [0, 0.05) is 19.2 Å². The minimum absolute atomic E-state index is 0.0634. The third kappa shape index (κ3) is 1.98. The fraction of sp³-hybridized carbons (Fsp3) is 0.545. The van der Waals surface area contributed by atoms with E-state index in [0.29, 0.717) is 5.92 Å². The van der Waals surface area contributed by atoms with Crippen LogP contribution in [0, 0.1) is 23.0 Å². The van der Waals surface area contributed by atoms with Crippen molar-refractivity contribution in [1.29, 1.82) is 0 Å². The van der Waals surface area contributed by atoms with Gasteiger partial charge in [0.1, 0.15) is 12.0 Å². The van der Waals surface area contributed by atoms with Gasteiger partial charge in [0.2, 0.25) is 0 Å². The Kier molecular flexibility index (Phi) is 2.77. The van der Waals surface area contributed by atoms with Gasteiger partial charge in [-0.3, -0.25) is 10.1 Å². The highest BCUT2D eigenvalue weighted by Gasteiger charge is 2.22. The smallest absolute Gasteiger partial charge is 0.287 e. The van der Waals surface area contributed by atoms with Gasteiger partial charge >= 0.3 is 0 Å². The normalized spacial score (nSPS) is 20.1. The summed E-state index contributed by atoms with van der Waals surface area (Å²) >= 11 is 0. The minimum Gasteiger partial charge on any atom is -0.356 e. The summed E-state index contributed by atoms with van der Waals surface area (Å²) in [4.78, 5) is 16.6. The van der Waals surface area contributed by atoms with Crippen LogP contribution in [0.25, 0.3) is 0 Å². The third-order valence-corrected chi connectivity index (χ3v) is 2.97. The number of anilines is 1. The van der Waals surface area contributed by atoms with Crippen LogP contribution in [0.1, 0.15) is 18.9 Å². The Bertz CT molecular complexity index is 420. The van der Waals surface area contributed by atoms with Crippen LogP contribution in [-0.2, 0) is 0 Å². The van der Waals surface area contributed by atoms with E-state index in [2.05, 4.69) is 16.8 Å². The first-order chi connectivity index (χ1) is 7.58. The molecule has 1 aromatic heterocycles. The standard InChI is InChI=1S/C11H15N3O2/c1-8-3-4-13(7-8)11-9(2)5-10(6-12-11)14(15)16/h5-6,8H,3-4,7H2,1-2H3/t8-/m0/s1. The largest absolute Gasteiger partial charge is 0.356 e. The average molecular weight is 221 g/mol. The van der Waals surface area contributed by atoms with Gasteiger partial charge in [-0.05, 0) is 24.8 Å². The fourth-order valence-corrected chi connectivity index (χ4v) is 2.11.